The standard InChI is InChI=1S/C12H16BrNO4S2/c1-7(8-4-2-3-5-8)14-20(17,18)10-6-9(12(15)16)19-11(10)13/h6-8,14H,2-5H2,1H3,(H,15,16)/t7-/m0/s1. The molecule has 0 amide bonds. The molecule has 0 aliphatic heterocycles. The highest BCUT2D eigenvalue weighted by Gasteiger charge is 2.29. The summed E-state index contributed by atoms with van der Waals surface area (Å²) in [6.07, 6.45) is 4.35. The second-order valence-electron chi connectivity index (χ2n) is 5.01. The minimum atomic E-state index is -3.69. The zero-order valence-corrected chi connectivity index (χ0v) is 14.1. The number of thiophene rings is 1. The second-order valence-corrected chi connectivity index (χ2v) is 9.06. The van der Waals surface area contributed by atoms with Crippen LogP contribution in [0.3, 0.4) is 0 Å². The maximum Gasteiger partial charge on any atom is 0.345 e. The van der Waals surface area contributed by atoms with Gasteiger partial charge in [0.1, 0.15) is 9.77 Å². The van der Waals surface area contributed by atoms with Crippen LogP contribution < -0.4 is 4.72 Å². The molecule has 2 rings (SSSR count). The molecule has 1 fully saturated rings. The van der Waals surface area contributed by atoms with E-state index in [2.05, 4.69) is 20.7 Å². The van der Waals surface area contributed by atoms with Gasteiger partial charge >= 0.3 is 5.97 Å². The first kappa shape index (κ1) is 15.9. The molecule has 1 heterocycles. The first-order valence-electron chi connectivity index (χ1n) is 6.36. The van der Waals surface area contributed by atoms with E-state index in [9.17, 15) is 13.2 Å². The van der Waals surface area contributed by atoms with Crippen LogP contribution in [0.15, 0.2) is 14.7 Å². The van der Waals surface area contributed by atoms with E-state index in [4.69, 9.17) is 5.11 Å². The van der Waals surface area contributed by atoms with Crippen LogP contribution in [0, 0.1) is 5.92 Å². The van der Waals surface area contributed by atoms with Gasteiger partial charge in [-0.2, -0.15) is 0 Å². The molecule has 5 nitrogen and oxygen atoms in total. The van der Waals surface area contributed by atoms with Crippen molar-refractivity contribution in [3.8, 4) is 0 Å². The molecule has 2 N–H and O–H groups in total. The summed E-state index contributed by atoms with van der Waals surface area (Å²) in [6, 6.07) is 1.06. The Morgan fingerprint density at radius 2 is 2.10 bits per heavy atom. The second kappa shape index (κ2) is 6.13. The van der Waals surface area contributed by atoms with Crippen molar-refractivity contribution in [2.75, 3.05) is 0 Å². The third kappa shape index (κ3) is 3.41. The molecule has 1 aromatic heterocycles. The number of nitrogens with one attached hydrogen (secondary N) is 1. The Kier molecular flexibility index (Phi) is 4.88. The predicted octanol–water partition coefficient (Wildman–Crippen LogP) is 3.07. The largest absolute Gasteiger partial charge is 0.477 e. The van der Waals surface area contributed by atoms with Crippen LogP contribution >= 0.6 is 27.3 Å². The summed E-state index contributed by atoms with van der Waals surface area (Å²) in [5.74, 6) is -0.762. The van der Waals surface area contributed by atoms with E-state index in [-0.39, 0.29) is 15.8 Å². The maximum absolute atomic E-state index is 12.3. The van der Waals surface area contributed by atoms with Crippen molar-refractivity contribution in [3.05, 3.63) is 14.7 Å². The van der Waals surface area contributed by atoms with Gasteiger partial charge in [0.05, 0.1) is 3.79 Å². The summed E-state index contributed by atoms with van der Waals surface area (Å²) in [5, 5.41) is 8.92. The Bertz CT molecular complexity index is 605. The quantitative estimate of drug-likeness (QED) is 0.820. The number of rotatable bonds is 5. The third-order valence-electron chi connectivity index (χ3n) is 3.60. The first-order chi connectivity index (χ1) is 9.31. The Labute approximate surface area is 130 Å². The topological polar surface area (TPSA) is 83.5 Å². The van der Waals surface area contributed by atoms with E-state index in [1.54, 1.807) is 0 Å². The Hall–Kier alpha value is -0.440. The lowest BCUT2D eigenvalue weighted by Crippen LogP contribution is -2.37. The van der Waals surface area contributed by atoms with E-state index >= 15 is 0 Å². The van der Waals surface area contributed by atoms with Gasteiger partial charge in [-0.05, 0) is 47.7 Å². The molecular weight excluding hydrogens is 366 g/mol. The molecule has 20 heavy (non-hydrogen) atoms. The fraction of sp³-hybridized carbons (Fsp3) is 0.583. The molecule has 0 bridgehead atoms. The van der Waals surface area contributed by atoms with Gasteiger partial charge in [-0.25, -0.2) is 17.9 Å². The van der Waals surface area contributed by atoms with Crippen LogP contribution in [-0.2, 0) is 10.0 Å². The van der Waals surface area contributed by atoms with Crippen molar-refractivity contribution in [2.45, 2.75) is 43.5 Å². The molecule has 0 unspecified atom stereocenters. The van der Waals surface area contributed by atoms with E-state index in [1.807, 2.05) is 6.92 Å². The monoisotopic (exact) mass is 381 g/mol. The number of sulfonamides is 1. The average molecular weight is 382 g/mol. The Morgan fingerprint density at radius 3 is 2.60 bits per heavy atom. The molecule has 0 saturated heterocycles. The lowest BCUT2D eigenvalue weighted by atomic mass is 10.0. The van der Waals surface area contributed by atoms with Gasteiger partial charge in [0.15, 0.2) is 0 Å². The summed E-state index contributed by atoms with van der Waals surface area (Å²) in [4.78, 5) is 10.9. The molecule has 1 aliphatic carbocycles. The van der Waals surface area contributed by atoms with Crippen LogP contribution in [0.5, 0.6) is 0 Å². The fourth-order valence-electron chi connectivity index (χ4n) is 2.50. The molecular formula is C12H16BrNO4S2. The Morgan fingerprint density at radius 1 is 1.50 bits per heavy atom. The van der Waals surface area contributed by atoms with Crippen molar-refractivity contribution >= 4 is 43.3 Å². The molecule has 0 spiro atoms. The molecule has 112 valence electrons. The van der Waals surface area contributed by atoms with Crippen LogP contribution in [-0.4, -0.2) is 25.5 Å². The zero-order chi connectivity index (χ0) is 14.9. The van der Waals surface area contributed by atoms with Gasteiger partial charge in [0.2, 0.25) is 10.0 Å². The number of carboxylic acid groups (broad SMARTS) is 1. The highest BCUT2D eigenvalue weighted by Crippen LogP contribution is 2.33. The highest BCUT2D eigenvalue weighted by atomic mass is 79.9. The summed E-state index contributed by atoms with van der Waals surface area (Å²) >= 11 is 4.04. The number of hydrogen-bond acceptors (Lipinski definition) is 4. The fourth-order valence-corrected chi connectivity index (χ4v) is 6.22. The summed E-state index contributed by atoms with van der Waals surface area (Å²) in [5.41, 5.74) is 0. The van der Waals surface area contributed by atoms with Crippen molar-refractivity contribution in [2.24, 2.45) is 5.92 Å². The predicted molar refractivity (Wildman–Crippen MR) is 80.7 cm³/mol. The van der Waals surface area contributed by atoms with Crippen molar-refractivity contribution < 1.29 is 18.3 Å². The molecule has 1 aliphatic rings. The van der Waals surface area contributed by atoms with Crippen molar-refractivity contribution in [1.29, 1.82) is 0 Å². The number of carboxylic acids is 1. The third-order valence-corrected chi connectivity index (χ3v) is 7.40. The van der Waals surface area contributed by atoms with E-state index in [0.29, 0.717) is 9.70 Å². The lowest BCUT2D eigenvalue weighted by Gasteiger charge is -2.20. The van der Waals surface area contributed by atoms with Gasteiger partial charge in [-0.3, -0.25) is 0 Å². The molecule has 1 atom stereocenters. The van der Waals surface area contributed by atoms with E-state index in [0.717, 1.165) is 37.0 Å². The summed E-state index contributed by atoms with van der Waals surface area (Å²) in [7, 11) is -3.69. The minimum absolute atomic E-state index is 0.00440. The highest BCUT2D eigenvalue weighted by molar-refractivity contribution is 9.11. The van der Waals surface area contributed by atoms with Gasteiger partial charge in [-0.15, -0.1) is 11.3 Å². The lowest BCUT2D eigenvalue weighted by molar-refractivity contribution is 0.0702. The van der Waals surface area contributed by atoms with Crippen LogP contribution in [0.4, 0.5) is 0 Å². The number of halogens is 1. The normalized spacial score (nSPS) is 18.3. The Balaban J connectivity index is 2.19. The van der Waals surface area contributed by atoms with Gasteiger partial charge < -0.3 is 5.11 Å². The van der Waals surface area contributed by atoms with E-state index in [1.165, 1.54) is 6.07 Å². The van der Waals surface area contributed by atoms with Gasteiger partial charge in [0.25, 0.3) is 0 Å². The minimum Gasteiger partial charge on any atom is -0.477 e. The summed E-state index contributed by atoms with van der Waals surface area (Å²) < 4.78 is 27.6. The number of aromatic carboxylic acids is 1. The average Bonchev–Trinajstić information content (AvgIpc) is 2.96. The van der Waals surface area contributed by atoms with Crippen LogP contribution in [0.1, 0.15) is 42.3 Å². The van der Waals surface area contributed by atoms with Gasteiger partial charge in [0, 0.05) is 6.04 Å². The van der Waals surface area contributed by atoms with Crippen LogP contribution in [0.2, 0.25) is 0 Å². The summed E-state index contributed by atoms with van der Waals surface area (Å²) in [6.45, 7) is 1.87. The van der Waals surface area contributed by atoms with Crippen molar-refractivity contribution in [1.82, 2.24) is 4.72 Å². The SMILES string of the molecule is C[C@H](NS(=O)(=O)c1cc(C(=O)O)sc1Br)C1CCCC1. The molecule has 1 saturated carbocycles. The van der Waals surface area contributed by atoms with Crippen molar-refractivity contribution in [3.63, 3.8) is 0 Å². The smallest absolute Gasteiger partial charge is 0.345 e. The van der Waals surface area contributed by atoms with E-state index < -0.39 is 16.0 Å². The van der Waals surface area contributed by atoms with Crippen LogP contribution in [0.25, 0.3) is 0 Å². The molecule has 0 aromatic carbocycles. The maximum atomic E-state index is 12.3. The molecule has 0 radical (unpaired) electrons. The van der Waals surface area contributed by atoms with Gasteiger partial charge in [-0.1, -0.05) is 12.8 Å². The molecule has 8 heteroatoms. The first-order valence-corrected chi connectivity index (χ1v) is 9.45. The zero-order valence-electron chi connectivity index (χ0n) is 10.9. The number of carbonyl (C=O) groups is 1. The number of hydrogen-bond donors (Lipinski definition) is 2. The molecule has 1 aromatic rings.